The maximum absolute atomic E-state index is 11.1. The number of benzene rings is 1. The van der Waals surface area contributed by atoms with Crippen LogP contribution in [0, 0.1) is 0 Å². The number of hydrogen-bond acceptors (Lipinski definition) is 5. The minimum absolute atomic E-state index is 0.0188. The highest BCUT2D eigenvalue weighted by atomic mass is 32.1. The molecule has 0 unspecified atom stereocenters. The summed E-state index contributed by atoms with van der Waals surface area (Å²) in [5, 5.41) is 6.54. The Hall–Kier alpha value is -1.82. The third-order valence-corrected chi connectivity index (χ3v) is 3.48. The van der Waals surface area contributed by atoms with Crippen LogP contribution in [0.1, 0.15) is 6.42 Å². The average molecular weight is 265 g/mol. The molecule has 2 aromatic rings. The molecule has 1 aromatic heterocycles. The van der Waals surface area contributed by atoms with Gasteiger partial charge in [-0.25, -0.2) is 4.98 Å². The van der Waals surface area contributed by atoms with Crippen LogP contribution in [0.3, 0.4) is 0 Å². The van der Waals surface area contributed by atoms with Crippen molar-refractivity contribution in [1.82, 2.24) is 10.3 Å². The molecule has 5 nitrogen and oxygen atoms in total. The zero-order valence-corrected chi connectivity index (χ0v) is 11.1. The van der Waals surface area contributed by atoms with Crippen molar-refractivity contribution in [2.45, 2.75) is 6.42 Å². The summed E-state index contributed by atoms with van der Waals surface area (Å²) in [6.45, 7) is 0.580. The van der Waals surface area contributed by atoms with E-state index >= 15 is 0 Å². The van der Waals surface area contributed by atoms with E-state index in [-0.39, 0.29) is 5.91 Å². The van der Waals surface area contributed by atoms with Gasteiger partial charge in [-0.3, -0.25) is 4.79 Å². The summed E-state index contributed by atoms with van der Waals surface area (Å²) >= 11 is 1.55. The van der Waals surface area contributed by atoms with E-state index in [1.165, 1.54) is 0 Å². The van der Waals surface area contributed by atoms with E-state index in [2.05, 4.69) is 15.6 Å². The molecular weight excluding hydrogens is 250 g/mol. The van der Waals surface area contributed by atoms with Gasteiger partial charge in [0.15, 0.2) is 5.13 Å². The van der Waals surface area contributed by atoms with Gasteiger partial charge in [-0.05, 0) is 18.2 Å². The number of carbonyl (C=O) groups excluding carboxylic acids is 1. The number of carbonyl (C=O) groups is 1. The van der Waals surface area contributed by atoms with E-state index in [4.69, 9.17) is 4.74 Å². The molecule has 0 aliphatic heterocycles. The van der Waals surface area contributed by atoms with Crippen LogP contribution >= 0.6 is 11.3 Å². The third-order valence-electron chi connectivity index (χ3n) is 2.50. The van der Waals surface area contributed by atoms with Crippen LogP contribution in [0.4, 0.5) is 5.13 Å². The first-order chi connectivity index (χ1) is 8.72. The predicted molar refractivity (Wildman–Crippen MR) is 73.3 cm³/mol. The molecule has 0 atom stereocenters. The van der Waals surface area contributed by atoms with Crippen molar-refractivity contribution in [1.29, 1.82) is 0 Å². The van der Waals surface area contributed by atoms with Crippen molar-refractivity contribution >= 4 is 32.6 Å². The SMILES string of the molecule is CNC(=O)CCNc1nc2ccc(OC)cc2s1. The minimum atomic E-state index is 0.0188. The Balaban J connectivity index is 2.03. The first-order valence-corrected chi connectivity index (χ1v) is 6.43. The Morgan fingerprint density at radius 1 is 1.50 bits per heavy atom. The molecule has 0 aliphatic carbocycles. The average Bonchev–Trinajstić information content (AvgIpc) is 2.79. The maximum atomic E-state index is 11.1. The number of nitrogens with one attached hydrogen (secondary N) is 2. The maximum Gasteiger partial charge on any atom is 0.221 e. The number of nitrogens with zero attached hydrogens (tertiary/aromatic N) is 1. The molecule has 6 heteroatoms. The lowest BCUT2D eigenvalue weighted by atomic mass is 10.3. The van der Waals surface area contributed by atoms with Gasteiger partial charge in [0, 0.05) is 20.0 Å². The van der Waals surface area contributed by atoms with Crippen LogP contribution < -0.4 is 15.4 Å². The fraction of sp³-hybridized carbons (Fsp3) is 0.333. The molecule has 1 aromatic carbocycles. The molecule has 2 rings (SSSR count). The Morgan fingerprint density at radius 3 is 3.06 bits per heavy atom. The van der Waals surface area contributed by atoms with E-state index in [9.17, 15) is 4.79 Å². The van der Waals surface area contributed by atoms with Crippen molar-refractivity contribution in [3.8, 4) is 5.75 Å². The highest BCUT2D eigenvalue weighted by Crippen LogP contribution is 2.28. The van der Waals surface area contributed by atoms with Gasteiger partial charge < -0.3 is 15.4 Å². The molecule has 1 heterocycles. The zero-order chi connectivity index (χ0) is 13.0. The summed E-state index contributed by atoms with van der Waals surface area (Å²) in [5.41, 5.74) is 0.934. The molecule has 0 saturated heterocycles. The number of fused-ring (bicyclic) bond motifs is 1. The summed E-state index contributed by atoms with van der Waals surface area (Å²) in [7, 11) is 3.27. The summed E-state index contributed by atoms with van der Waals surface area (Å²) < 4.78 is 6.23. The second kappa shape index (κ2) is 5.68. The molecule has 0 fully saturated rings. The highest BCUT2D eigenvalue weighted by Gasteiger charge is 2.05. The fourth-order valence-electron chi connectivity index (χ4n) is 1.52. The molecule has 0 bridgehead atoms. The predicted octanol–water partition coefficient (Wildman–Crippen LogP) is 1.85. The molecular formula is C12H15N3O2S. The lowest BCUT2D eigenvalue weighted by Crippen LogP contribution is -2.20. The second-order valence-corrected chi connectivity index (χ2v) is 4.73. The van der Waals surface area contributed by atoms with E-state index in [0.717, 1.165) is 21.1 Å². The molecule has 2 N–H and O–H groups in total. The number of ether oxygens (including phenoxy) is 1. The lowest BCUT2D eigenvalue weighted by molar-refractivity contribution is -0.120. The molecule has 96 valence electrons. The lowest BCUT2D eigenvalue weighted by Gasteiger charge is -2.00. The summed E-state index contributed by atoms with van der Waals surface area (Å²) in [4.78, 5) is 15.5. The van der Waals surface area contributed by atoms with E-state index < -0.39 is 0 Å². The number of hydrogen-bond donors (Lipinski definition) is 2. The van der Waals surface area contributed by atoms with Crippen molar-refractivity contribution in [2.75, 3.05) is 26.0 Å². The third kappa shape index (κ3) is 2.89. The van der Waals surface area contributed by atoms with Crippen LogP contribution in [0.25, 0.3) is 10.2 Å². The molecule has 18 heavy (non-hydrogen) atoms. The number of anilines is 1. The Bertz CT molecular complexity index is 553. The normalized spacial score (nSPS) is 10.3. The smallest absolute Gasteiger partial charge is 0.221 e. The minimum Gasteiger partial charge on any atom is -0.497 e. The summed E-state index contributed by atoms with van der Waals surface area (Å²) in [6, 6.07) is 5.77. The van der Waals surface area contributed by atoms with Crippen molar-refractivity contribution in [2.24, 2.45) is 0 Å². The van der Waals surface area contributed by atoms with Gasteiger partial charge in [-0.1, -0.05) is 11.3 Å². The number of thiazole rings is 1. The second-order valence-electron chi connectivity index (χ2n) is 3.70. The zero-order valence-electron chi connectivity index (χ0n) is 10.3. The molecule has 0 radical (unpaired) electrons. The van der Waals surface area contributed by atoms with Crippen molar-refractivity contribution in [3.05, 3.63) is 18.2 Å². The number of amides is 1. The van der Waals surface area contributed by atoms with Crippen LogP contribution in [-0.2, 0) is 4.79 Å². The number of methoxy groups -OCH3 is 1. The van der Waals surface area contributed by atoms with Crippen LogP contribution in [-0.4, -0.2) is 31.6 Å². The molecule has 0 spiro atoms. The van der Waals surface area contributed by atoms with Gasteiger partial charge in [-0.15, -0.1) is 0 Å². The monoisotopic (exact) mass is 265 g/mol. The van der Waals surface area contributed by atoms with Crippen LogP contribution in [0.2, 0.25) is 0 Å². The van der Waals surface area contributed by atoms with Crippen molar-refractivity contribution < 1.29 is 9.53 Å². The first-order valence-electron chi connectivity index (χ1n) is 5.62. The van der Waals surface area contributed by atoms with Crippen LogP contribution in [0.5, 0.6) is 5.75 Å². The van der Waals surface area contributed by atoms with Crippen LogP contribution in [0.15, 0.2) is 18.2 Å². The van der Waals surface area contributed by atoms with Crippen molar-refractivity contribution in [3.63, 3.8) is 0 Å². The summed E-state index contributed by atoms with van der Waals surface area (Å²) in [6.07, 6.45) is 0.440. The van der Waals surface area contributed by atoms with Gasteiger partial charge >= 0.3 is 0 Å². The van der Waals surface area contributed by atoms with Gasteiger partial charge in [-0.2, -0.15) is 0 Å². The van der Waals surface area contributed by atoms with Gasteiger partial charge in [0.25, 0.3) is 0 Å². The van der Waals surface area contributed by atoms with Gasteiger partial charge in [0.1, 0.15) is 5.75 Å². The Kier molecular flexibility index (Phi) is 3.99. The standard InChI is InChI=1S/C12H15N3O2S/c1-13-11(16)5-6-14-12-15-9-4-3-8(17-2)7-10(9)18-12/h3-4,7H,5-6H2,1-2H3,(H,13,16)(H,14,15). The quantitative estimate of drug-likeness (QED) is 0.866. The topological polar surface area (TPSA) is 63.2 Å². The largest absolute Gasteiger partial charge is 0.497 e. The Morgan fingerprint density at radius 2 is 2.33 bits per heavy atom. The van der Waals surface area contributed by atoms with Gasteiger partial charge in [0.05, 0.1) is 17.3 Å². The first kappa shape index (κ1) is 12.6. The summed E-state index contributed by atoms with van der Waals surface area (Å²) in [5.74, 6) is 0.841. The fourth-order valence-corrected chi connectivity index (χ4v) is 2.44. The molecule has 0 aliphatic rings. The molecule has 0 saturated carbocycles. The number of aromatic nitrogens is 1. The van der Waals surface area contributed by atoms with E-state index in [1.807, 2.05) is 18.2 Å². The van der Waals surface area contributed by atoms with E-state index in [0.29, 0.717) is 13.0 Å². The highest BCUT2D eigenvalue weighted by molar-refractivity contribution is 7.22. The number of rotatable bonds is 5. The Labute approximate surface area is 109 Å². The van der Waals surface area contributed by atoms with Gasteiger partial charge in [0.2, 0.25) is 5.91 Å². The molecule has 1 amide bonds. The van der Waals surface area contributed by atoms with E-state index in [1.54, 1.807) is 25.5 Å².